The van der Waals surface area contributed by atoms with Crippen molar-refractivity contribution in [3.05, 3.63) is 18.0 Å². The Kier molecular flexibility index (Phi) is 4.87. The standard InChI is InChI=1S/C13H18F3N3O2/c14-13(15,16)4-7-18-5-1-2-10(8-18)11-3-6-19(17-11)9-12(20)21/h3,6,10H,1-2,4-5,7-9H2,(H,20,21). The minimum atomic E-state index is -4.13. The molecule has 1 fully saturated rings. The van der Waals surface area contributed by atoms with E-state index in [2.05, 4.69) is 5.10 Å². The van der Waals surface area contributed by atoms with Crippen LogP contribution in [-0.2, 0) is 11.3 Å². The first-order valence-corrected chi connectivity index (χ1v) is 6.88. The summed E-state index contributed by atoms with van der Waals surface area (Å²) in [5, 5.41) is 12.9. The lowest BCUT2D eigenvalue weighted by Crippen LogP contribution is -2.36. The molecule has 0 radical (unpaired) electrons. The highest BCUT2D eigenvalue weighted by molar-refractivity contribution is 5.66. The summed E-state index contributed by atoms with van der Waals surface area (Å²) in [7, 11) is 0. The third-order valence-corrected chi connectivity index (χ3v) is 3.59. The summed E-state index contributed by atoms with van der Waals surface area (Å²) in [5.41, 5.74) is 0.757. The van der Waals surface area contributed by atoms with Crippen molar-refractivity contribution >= 4 is 5.97 Å². The van der Waals surface area contributed by atoms with Crippen LogP contribution in [0.4, 0.5) is 13.2 Å². The van der Waals surface area contributed by atoms with E-state index in [4.69, 9.17) is 5.11 Å². The van der Waals surface area contributed by atoms with Gasteiger partial charge in [-0.1, -0.05) is 0 Å². The van der Waals surface area contributed by atoms with Gasteiger partial charge in [-0.05, 0) is 25.5 Å². The zero-order chi connectivity index (χ0) is 15.5. The van der Waals surface area contributed by atoms with Crippen molar-refractivity contribution in [2.75, 3.05) is 19.6 Å². The van der Waals surface area contributed by atoms with E-state index in [-0.39, 0.29) is 19.0 Å². The predicted molar refractivity (Wildman–Crippen MR) is 68.9 cm³/mol. The number of likely N-dealkylation sites (tertiary alicyclic amines) is 1. The van der Waals surface area contributed by atoms with Crippen LogP contribution in [0, 0.1) is 0 Å². The van der Waals surface area contributed by atoms with Gasteiger partial charge in [0, 0.05) is 25.2 Å². The number of halogens is 3. The summed E-state index contributed by atoms with van der Waals surface area (Å²) in [6.07, 6.45) is -1.64. The third kappa shape index (κ3) is 5.04. The van der Waals surface area contributed by atoms with Crippen LogP contribution in [0.1, 0.15) is 30.9 Å². The maximum Gasteiger partial charge on any atom is 0.390 e. The van der Waals surface area contributed by atoms with Gasteiger partial charge in [0.2, 0.25) is 0 Å². The van der Waals surface area contributed by atoms with Crippen molar-refractivity contribution in [2.24, 2.45) is 0 Å². The molecular weight excluding hydrogens is 287 g/mol. The van der Waals surface area contributed by atoms with Crippen molar-refractivity contribution in [3.8, 4) is 0 Å². The van der Waals surface area contributed by atoms with Crippen molar-refractivity contribution in [3.63, 3.8) is 0 Å². The van der Waals surface area contributed by atoms with E-state index in [0.717, 1.165) is 18.5 Å². The van der Waals surface area contributed by atoms with Crippen LogP contribution in [0.25, 0.3) is 0 Å². The Bertz CT molecular complexity index is 487. The first-order valence-electron chi connectivity index (χ1n) is 6.88. The van der Waals surface area contributed by atoms with Crippen LogP contribution in [0.15, 0.2) is 12.3 Å². The lowest BCUT2D eigenvalue weighted by Gasteiger charge is -2.32. The largest absolute Gasteiger partial charge is 0.480 e. The fourth-order valence-electron chi connectivity index (χ4n) is 2.61. The second-order valence-electron chi connectivity index (χ2n) is 5.34. The van der Waals surface area contributed by atoms with E-state index in [1.807, 2.05) is 0 Å². The van der Waals surface area contributed by atoms with Gasteiger partial charge in [-0.25, -0.2) is 0 Å². The summed E-state index contributed by atoms with van der Waals surface area (Å²) in [6, 6.07) is 1.75. The van der Waals surface area contributed by atoms with E-state index in [0.29, 0.717) is 13.1 Å². The Morgan fingerprint density at radius 2 is 2.24 bits per heavy atom. The molecule has 21 heavy (non-hydrogen) atoms. The molecule has 1 saturated heterocycles. The molecule has 1 unspecified atom stereocenters. The molecule has 0 bridgehead atoms. The van der Waals surface area contributed by atoms with Crippen LogP contribution in [-0.4, -0.2) is 51.6 Å². The lowest BCUT2D eigenvalue weighted by molar-refractivity contribution is -0.139. The molecule has 1 aromatic rings. The Morgan fingerprint density at radius 3 is 2.90 bits per heavy atom. The number of alkyl halides is 3. The number of aliphatic carboxylic acids is 1. The summed E-state index contributed by atoms with van der Waals surface area (Å²) >= 11 is 0. The van der Waals surface area contributed by atoms with Gasteiger partial charge >= 0.3 is 12.1 Å². The average molecular weight is 305 g/mol. The minimum absolute atomic E-state index is 0.00976. The highest BCUT2D eigenvalue weighted by Crippen LogP contribution is 2.27. The van der Waals surface area contributed by atoms with Gasteiger partial charge in [-0.2, -0.15) is 18.3 Å². The van der Waals surface area contributed by atoms with Gasteiger partial charge < -0.3 is 10.0 Å². The molecular formula is C13H18F3N3O2. The molecule has 8 heteroatoms. The molecule has 0 saturated carbocycles. The Hall–Kier alpha value is -1.57. The normalized spacial score (nSPS) is 20.6. The number of aromatic nitrogens is 2. The topological polar surface area (TPSA) is 58.4 Å². The zero-order valence-electron chi connectivity index (χ0n) is 11.5. The second kappa shape index (κ2) is 6.46. The van der Waals surface area contributed by atoms with Gasteiger partial charge in [0.05, 0.1) is 12.1 Å². The summed E-state index contributed by atoms with van der Waals surface area (Å²) in [6.45, 7) is 1.02. The van der Waals surface area contributed by atoms with Crippen molar-refractivity contribution in [2.45, 2.75) is 37.9 Å². The van der Waals surface area contributed by atoms with Gasteiger partial charge in [0.1, 0.15) is 6.54 Å². The fraction of sp³-hybridized carbons (Fsp3) is 0.692. The van der Waals surface area contributed by atoms with E-state index in [1.165, 1.54) is 4.68 Å². The predicted octanol–water partition coefficient (Wildman–Crippen LogP) is 2.10. The van der Waals surface area contributed by atoms with Gasteiger partial charge in [-0.15, -0.1) is 0 Å². The number of carbonyl (C=O) groups is 1. The van der Waals surface area contributed by atoms with Crippen LogP contribution >= 0.6 is 0 Å². The van der Waals surface area contributed by atoms with E-state index >= 15 is 0 Å². The highest BCUT2D eigenvalue weighted by atomic mass is 19.4. The lowest BCUT2D eigenvalue weighted by atomic mass is 9.95. The monoisotopic (exact) mass is 305 g/mol. The third-order valence-electron chi connectivity index (χ3n) is 3.59. The number of carboxylic acids is 1. The first kappa shape index (κ1) is 15.8. The SMILES string of the molecule is O=C(O)Cn1ccc(C2CCCN(CCC(F)(F)F)C2)n1. The van der Waals surface area contributed by atoms with Gasteiger partial charge in [0.15, 0.2) is 0 Å². The summed E-state index contributed by atoms with van der Waals surface area (Å²) in [4.78, 5) is 12.4. The van der Waals surface area contributed by atoms with Crippen molar-refractivity contribution in [1.82, 2.24) is 14.7 Å². The Morgan fingerprint density at radius 1 is 1.48 bits per heavy atom. The van der Waals surface area contributed by atoms with E-state index in [9.17, 15) is 18.0 Å². The molecule has 1 aliphatic heterocycles. The second-order valence-corrected chi connectivity index (χ2v) is 5.34. The van der Waals surface area contributed by atoms with Crippen molar-refractivity contribution < 1.29 is 23.1 Å². The first-order chi connectivity index (χ1) is 9.83. The summed E-state index contributed by atoms with van der Waals surface area (Å²) < 4.78 is 38.1. The molecule has 5 nitrogen and oxygen atoms in total. The van der Waals surface area contributed by atoms with Crippen LogP contribution < -0.4 is 0 Å². The average Bonchev–Trinajstić information content (AvgIpc) is 2.83. The maximum atomic E-state index is 12.3. The van der Waals surface area contributed by atoms with E-state index < -0.39 is 18.6 Å². The fourth-order valence-corrected chi connectivity index (χ4v) is 2.61. The van der Waals surface area contributed by atoms with Crippen LogP contribution in [0.3, 0.4) is 0 Å². The molecule has 1 atom stereocenters. The van der Waals surface area contributed by atoms with Crippen molar-refractivity contribution in [1.29, 1.82) is 0 Å². The molecule has 0 aromatic carbocycles. The number of hydrogen-bond acceptors (Lipinski definition) is 3. The number of hydrogen-bond donors (Lipinski definition) is 1. The molecule has 1 N–H and O–H groups in total. The quantitative estimate of drug-likeness (QED) is 0.905. The molecule has 2 rings (SSSR count). The molecule has 1 aliphatic rings. The molecule has 2 heterocycles. The molecule has 0 aliphatic carbocycles. The summed E-state index contributed by atoms with van der Waals surface area (Å²) in [5.74, 6) is -0.901. The minimum Gasteiger partial charge on any atom is -0.480 e. The highest BCUT2D eigenvalue weighted by Gasteiger charge is 2.30. The number of piperidine rings is 1. The number of carboxylic acid groups (broad SMARTS) is 1. The molecule has 1 aromatic heterocycles. The van der Waals surface area contributed by atoms with Crippen LogP contribution in [0.2, 0.25) is 0 Å². The Labute approximate surface area is 120 Å². The zero-order valence-corrected chi connectivity index (χ0v) is 11.5. The van der Waals surface area contributed by atoms with Crippen LogP contribution in [0.5, 0.6) is 0 Å². The number of rotatable bonds is 5. The Balaban J connectivity index is 1.91. The molecule has 0 spiro atoms. The van der Waals surface area contributed by atoms with Gasteiger partial charge in [-0.3, -0.25) is 9.48 Å². The van der Waals surface area contributed by atoms with Gasteiger partial charge in [0.25, 0.3) is 0 Å². The smallest absolute Gasteiger partial charge is 0.390 e. The molecule has 0 amide bonds. The molecule has 118 valence electrons. The maximum absolute atomic E-state index is 12.3. The van der Waals surface area contributed by atoms with E-state index in [1.54, 1.807) is 17.2 Å². The number of nitrogens with zero attached hydrogens (tertiary/aromatic N) is 3.